The van der Waals surface area contributed by atoms with Crippen LogP contribution in [0.2, 0.25) is 30.1 Å². The van der Waals surface area contributed by atoms with E-state index in [-0.39, 0.29) is 75.8 Å². The number of carboxylic acid groups (broad SMARTS) is 4. The van der Waals surface area contributed by atoms with E-state index in [9.17, 15) is 29.4 Å². The molecule has 0 bridgehead atoms. The van der Waals surface area contributed by atoms with Crippen molar-refractivity contribution in [2.45, 2.75) is 13.8 Å². The summed E-state index contributed by atoms with van der Waals surface area (Å²) in [5, 5.41) is 37.4. The largest absolute Gasteiger partial charge is 2.00 e. The maximum absolute atomic E-state index is 10.1. The van der Waals surface area contributed by atoms with Crippen LogP contribution in [0.5, 0.6) is 11.5 Å². The van der Waals surface area contributed by atoms with Gasteiger partial charge in [-0.1, -0.05) is 82.8 Å². The Morgan fingerprint density at radius 3 is 1.05 bits per heavy atom. The molecule has 0 radical (unpaired) electrons. The van der Waals surface area contributed by atoms with E-state index in [1.54, 1.807) is 0 Å². The van der Waals surface area contributed by atoms with Crippen molar-refractivity contribution in [2.24, 2.45) is 0 Å². The topological polar surface area (TPSA) is 173 Å². The number of carbonyl (C=O) groups excluding carboxylic acids is 2. The van der Waals surface area contributed by atoms with Crippen LogP contribution in [0.25, 0.3) is 0 Å². The van der Waals surface area contributed by atoms with Gasteiger partial charge < -0.3 is 39.5 Å². The summed E-state index contributed by atoms with van der Waals surface area (Å²) in [5.74, 6) is -4.24. The van der Waals surface area contributed by atoms with Gasteiger partial charge in [0.1, 0.15) is 24.7 Å². The Balaban J connectivity index is -0.000000503. The molecule has 0 heterocycles. The first-order chi connectivity index (χ1) is 18.3. The van der Waals surface area contributed by atoms with Gasteiger partial charge in [0, 0.05) is 23.3 Å². The molecule has 0 aliphatic carbocycles. The van der Waals surface area contributed by atoms with Crippen molar-refractivity contribution in [1.82, 2.24) is 0 Å². The van der Waals surface area contributed by atoms with Crippen LogP contribution in [-0.2, 0) is 19.2 Å². The zero-order valence-corrected chi connectivity index (χ0v) is 27.2. The van der Waals surface area contributed by atoms with E-state index in [2.05, 4.69) is 13.2 Å². The molecule has 0 fully saturated rings. The molecule has 0 aromatic heterocycles. The number of ether oxygens (including phenoxy) is 2. The second-order valence-electron chi connectivity index (χ2n) is 6.89. The van der Waals surface area contributed by atoms with Gasteiger partial charge >= 0.3 is 35.0 Å². The van der Waals surface area contributed by atoms with Crippen LogP contribution >= 0.6 is 69.6 Å². The van der Waals surface area contributed by atoms with Crippen molar-refractivity contribution in [3.63, 3.8) is 0 Å². The van der Waals surface area contributed by atoms with Gasteiger partial charge in [0.2, 0.25) is 0 Å². The molecule has 0 unspecified atom stereocenters. The minimum atomic E-state index is -1.34. The van der Waals surface area contributed by atoms with E-state index in [1.807, 2.05) is 0 Å². The minimum absolute atomic E-state index is 0. The molecule has 0 aliphatic heterocycles. The third-order valence-electron chi connectivity index (χ3n) is 3.37. The zero-order valence-electron chi connectivity index (χ0n) is 21.3. The van der Waals surface area contributed by atoms with Crippen LogP contribution in [0.15, 0.2) is 48.6 Å². The maximum Gasteiger partial charge on any atom is 2.00 e. The summed E-state index contributed by atoms with van der Waals surface area (Å²) in [6, 6.07) is 5.43. The first-order valence-electron chi connectivity index (χ1n) is 10.0. The number of hydrogen-bond donors (Lipinski definition) is 2. The second kappa shape index (κ2) is 22.5. The first kappa shape index (κ1) is 43.4. The molecule has 41 heavy (non-hydrogen) atoms. The molecule has 10 nitrogen and oxygen atoms in total. The molecule has 220 valence electrons. The average molecular weight is 705 g/mol. The monoisotopic (exact) mass is 702 g/mol. The molecule has 2 aromatic rings. The van der Waals surface area contributed by atoms with Crippen LogP contribution in [0.4, 0.5) is 0 Å². The fourth-order valence-corrected chi connectivity index (χ4v) is 2.69. The van der Waals surface area contributed by atoms with Gasteiger partial charge in [0.25, 0.3) is 0 Å². The molecule has 0 saturated heterocycles. The van der Waals surface area contributed by atoms with Crippen molar-refractivity contribution in [3.05, 3.63) is 78.7 Å². The van der Waals surface area contributed by atoms with E-state index in [0.717, 1.165) is 0 Å². The van der Waals surface area contributed by atoms with Crippen molar-refractivity contribution >= 4 is 117 Å². The fourth-order valence-electron chi connectivity index (χ4n) is 1.50. The molecule has 0 saturated carbocycles. The van der Waals surface area contributed by atoms with Crippen molar-refractivity contribution < 1.29 is 49.1 Å². The third kappa shape index (κ3) is 21.3. The van der Waals surface area contributed by atoms with Crippen molar-refractivity contribution in [3.8, 4) is 11.5 Å². The number of rotatable bonds is 8. The molecule has 0 aliphatic rings. The SMILES string of the molecule is C=C(C)C(=O)O.C=C(C)C(=O)O.O=C([O-])COc1cc(Cl)c(Cl)cc1Cl.O=C([O-])COc1cc(Cl)c(Cl)cc1Cl.[Mg+2]. The Kier molecular flexibility index (Phi) is 23.8. The van der Waals surface area contributed by atoms with Crippen molar-refractivity contribution in [2.75, 3.05) is 13.2 Å². The number of carboxylic acids is 4. The Morgan fingerprint density at radius 1 is 0.634 bits per heavy atom. The molecular weight excluding hydrogens is 685 g/mol. The molecular formula is C24H20Cl6MgO10. The second-order valence-corrected chi connectivity index (χ2v) is 9.33. The third-order valence-corrected chi connectivity index (χ3v) is 5.41. The minimum Gasteiger partial charge on any atom is -0.546 e. The molecule has 2 N–H and O–H groups in total. The van der Waals surface area contributed by atoms with E-state index < -0.39 is 37.1 Å². The number of carbonyl (C=O) groups is 4. The van der Waals surface area contributed by atoms with Gasteiger partial charge in [-0.3, -0.25) is 0 Å². The number of halogens is 6. The van der Waals surface area contributed by atoms with Crippen molar-refractivity contribution in [1.29, 1.82) is 0 Å². The van der Waals surface area contributed by atoms with Gasteiger partial charge in [-0.2, -0.15) is 0 Å². The van der Waals surface area contributed by atoms with Gasteiger partial charge in [-0.25, -0.2) is 9.59 Å². The van der Waals surface area contributed by atoms with Crippen LogP contribution in [0.1, 0.15) is 13.8 Å². The first-order valence-corrected chi connectivity index (χ1v) is 12.3. The van der Waals surface area contributed by atoms with Gasteiger partial charge in [-0.05, 0) is 26.0 Å². The van der Waals surface area contributed by atoms with E-state index in [1.165, 1.54) is 38.1 Å². The molecule has 0 atom stereocenters. The van der Waals surface area contributed by atoms with Crippen LogP contribution in [-0.4, -0.2) is 70.4 Å². The summed E-state index contributed by atoms with van der Waals surface area (Å²) in [7, 11) is 0. The Morgan fingerprint density at radius 2 is 0.854 bits per heavy atom. The Labute approximate surface area is 281 Å². The standard InChI is InChI=1S/2C8H5Cl3O3.2C4H6O2.Mg/c2*9-4-1-6(11)7(2-5(4)10)14-3-8(12)13;2*1-3(2)4(5)6;/h2*1-2H,3H2,(H,12,13);2*1H2,2H3,(H,5,6);/q;;;;+2/p-2. The number of hydrogen-bond acceptors (Lipinski definition) is 8. The summed E-state index contributed by atoms with van der Waals surface area (Å²) >= 11 is 34.0. The van der Waals surface area contributed by atoms with E-state index in [0.29, 0.717) is 0 Å². The zero-order chi connectivity index (χ0) is 31.7. The normalized spacial score (nSPS) is 8.98. The summed E-state index contributed by atoms with van der Waals surface area (Å²) in [4.78, 5) is 39.4. The van der Waals surface area contributed by atoms with E-state index >= 15 is 0 Å². The molecule has 2 rings (SSSR count). The predicted octanol–water partition coefficient (Wildman–Crippen LogP) is 4.46. The molecule has 17 heteroatoms. The summed E-state index contributed by atoms with van der Waals surface area (Å²) in [6.45, 7) is 8.03. The van der Waals surface area contributed by atoms with Gasteiger partial charge in [-0.15, -0.1) is 0 Å². The summed E-state index contributed by atoms with van der Waals surface area (Å²) in [5.41, 5.74) is 0.352. The predicted molar refractivity (Wildman–Crippen MR) is 155 cm³/mol. The van der Waals surface area contributed by atoms with E-state index in [4.69, 9.17) is 89.3 Å². The van der Waals surface area contributed by atoms with Crippen LogP contribution in [0, 0.1) is 0 Å². The number of benzene rings is 2. The Bertz CT molecular complexity index is 1130. The molecule has 2 aromatic carbocycles. The Hall–Kier alpha value is -2.09. The fraction of sp³-hybridized carbons (Fsp3) is 0.167. The van der Waals surface area contributed by atoms with Crippen LogP contribution < -0.4 is 19.7 Å². The quantitative estimate of drug-likeness (QED) is 0.227. The number of aliphatic carboxylic acids is 4. The van der Waals surface area contributed by atoms with Crippen LogP contribution in [0.3, 0.4) is 0 Å². The maximum atomic E-state index is 10.1. The van der Waals surface area contributed by atoms with Gasteiger partial charge in [0.05, 0.1) is 42.1 Å². The summed E-state index contributed by atoms with van der Waals surface area (Å²) in [6.07, 6.45) is 0. The van der Waals surface area contributed by atoms with Gasteiger partial charge in [0.15, 0.2) is 0 Å². The smallest absolute Gasteiger partial charge is 0.546 e. The molecule has 0 amide bonds. The summed E-state index contributed by atoms with van der Waals surface area (Å²) < 4.78 is 9.59. The average Bonchev–Trinajstić information content (AvgIpc) is 2.83. The molecule has 0 spiro atoms.